The molecule has 4 heterocycles. The fourth-order valence-electron chi connectivity index (χ4n) is 4.59. The molecule has 3 N–H and O–H groups in total. The summed E-state index contributed by atoms with van der Waals surface area (Å²) in [6.07, 6.45) is 3.14. The average Bonchev–Trinajstić information content (AvgIpc) is 3.48. The van der Waals surface area contributed by atoms with Crippen LogP contribution >= 0.6 is 0 Å². The zero-order chi connectivity index (χ0) is 22.5. The molecule has 9 nitrogen and oxygen atoms in total. The van der Waals surface area contributed by atoms with Crippen LogP contribution in [-0.4, -0.2) is 36.0 Å². The second kappa shape index (κ2) is 7.37. The van der Waals surface area contributed by atoms with E-state index in [0.717, 1.165) is 12.8 Å². The van der Waals surface area contributed by atoms with Crippen LogP contribution in [-0.2, 0) is 0 Å². The van der Waals surface area contributed by atoms with Crippen molar-refractivity contribution < 1.29 is 4.39 Å². The third kappa shape index (κ3) is 3.02. The van der Waals surface area contributed by atoms with Gasteiger partial charge in [-0.1, -0.05) is 24.3 Å². The van der Waals surface area contributed by atoms with E-state index in [2.05, 4.69) is 24.8 Å². The molecular weight excluding hydrogens is 423 g/mol. The molecule has 33 heavy (non-hydrogen) atoms. The Bertz CT molecular complexity index is 1560. The molecule has 0 aliphatic carbocycles. The molecule has 1 atom stereocenters. The summed E-state index contributed by atoms with van der Waals surface area (Å²) in [7, 11) is 0. The number of imidazole rings is 1. The van der Waals surface area contributed by atoms with Gasteiger partial charge in [-0.2, -0.15) is 9.97 Å². The number of aromatic amines is 1. The Balaban J connectivity index is 1.62. The van der Waals surface area contributed by atoms with E-state index in [9.17, 15) is 9.18 Å². The van der Waals surface area contributed by atoms with Gasteiger partial charge in [-0.05, 0) is 37.1 Å². The number of nitrogens with one attached hydrogen (secondary N) is 1. The van der Waals surface area contributed by atoms with E-state index in [4.69, 9.17) is 10.7 Å². The first kappa shape index (κ1) is 19.4. The van der Waals surface area contributed by atoms with Crippen LogP contribution in [0.3, 0.4) is 0 Å². The van der Waals surface area contributed by atoms with Crippen LogP contribution in [0.2, 0.25) is 0 Å². The lowest BCUT2D eigenvalue weighted by Gasteiger charge is -2.28. The van der Waals surface area contributed by atoms with Crippen LogP contribution in [0.15, 0.2) is 59.7 Å². The number of rotatable bonds is 3. The van der Waals surface area contributed by atoms with Crippen molar-refractivity contribution in [3.8, 4) is 5.69 Å². The molecule has 0 amide bonds. The lowest BCUT2D eigenvalue weighted by molar-refractivity contribution is 0.621. The third-order valence-corrected chi connectivity index (χ3v) is 5.99. The van der Waals surface area contributed by atoms with Gasteiger partial charge < -0.3 is 15.6 Å². The van der Waals surface area contributed by atoms with Crippen LogP contribution < -0.4 is 16.2 Å². The van der Waals surface area contributed by atoms with Gasteiger partial charge in [-0.25, -0.2) is 14.4 Å². The zero-order valence-electron chi connectivity index (χ0n) is 17.4. The monoisotopic (exact) mass is 442 g/mol. The average molecular weight is 442 g/mol. The number of benzene rings is 2. The number of aromatic nitrogens is 6. The summed E-state index contributed by atoms with van der Waals surface area (Å²) in [5.74, 6) is 0.647. The number of H-pyrrole nitrogens is 1. The van der Waals surface area contributed by atoms with Crippen molar-refractivity contribution in [3.05, 3.63) is 76.9 Å². The minimum absolute atomic E-state index is 0.0307. The van der Waals surface area contributed by atoms with E-state index in [1.165, 1.54) is 10.6 Å². The molecular formula is C23H19FN8O. The molecule has 1 unspecified atom stereocenters. The van der Waals surface area contributed by atoms with Crippen LogP contribution in [0.4, 0.5) is 16.2 Å². The number of para-hydroxylation sites is 1. The molecule has 164 valence electrons. The third-order valence-electron chi connectivity index (χ3n) is 5.99. The minimum atomic E-state index is -0.591. The van der Waals surface area contributed by atoms with Gasteiger partial charge in [0.25, 0.3) is 5.56 Å². The highest BCUT2D eigenvalue weighted by Crippen LogP contribution is 2.37. The Kier molecular flexibility index (Phi) is 4.32. The van der Waals surface area contributed by atoms with E-state index in [0.29, 0.717) is 40.6 Å². The molecule has 2 aromatic carbocycles. The number of fused-ring (bicyclic) bond motifs is 2. The van der Waals surface area contributed by atoms with Crippen molar-refractivity contribution in [3.63, 3.8) is 0 Å². The van der Waals surface area contributed by atoms with Gasteiger partial charge in [0.15, 0.2) is 11.5 Å². The highest BCUT2D eigenvalue weighted by molar-refractivity contribution is 5.84. The molecule has 0 bridgehead atoms. The summed E-state index contributed by atoms with van der Waals surface area (Å²) < 4.78 is 16.2. The number of hydrogen-bond acceptors (Lipinski definition) is 7. The lowest BCUT2D eigenvalue weighted by Crippen LogP contribution is -2.32. The van der Waals surface area contributed by atoms with Gasteiger partial charge in [0.1, 0.15) is 22.5 Å². The van der Waals surface area contributed by atoms with Crippen molar-refractivity contribution in [2.75, 3.05) is 17.2 Å². The van der Waals surface area contributed by atoms with Crippen molar-refractivity contribution in [1.82, 2.24) is 29.5 Å². The fourth-order valence-corrected chi connectivity index (χ4v) is 4.59. The highest BCUT2D eigenvalue weighted by atomic mass is 19.1. The maximum atomic E-state index is 14.7. The van der Waals surface area contributed by atoms with Gasteiger partial charge in [0.2, 0.25) is 5.95 Å². The zero-order valence-corrected chi connectivity index (χ0v) is 17.4. The smallest absolute Gasteiger partial charge is 0.269 e. The number of nitrogen functional groups attached to an aromatic ring is 1. The summed E-state index contributed by atoms with van der Waals surface area (Å²) in [5.41, 5.74) is 7.59. The van der Waals surface area contributed by atoms with Crippen molar-refractivity contribution in [2.45, 2.75) is 18.9 Å². The SMILES string of the molecule is Nc1nc(N2CCCC2c2nc3cccc(F)c3c(=O)n2-c2ccccc2)c2[nH]cnc2n1. The first-order valence-corrected chi connectivity index (χ1v) is 10.6. The summed E-state index contributed by atoms with van der Waals surface area (Å²) in [6, 6.07) is 13.4. The molecule has 1 saturated heterocycles. The predicted molar refractivity (Wildman–Crippen MR) is 123 cm³/mol. The summed E-state index contributed by atoms with van der Waals surface area (Å²) in [4.78, 5) is 36.4. The summed E-state index contributed by atoms with van der Waals surface area (Å²) in [5, 5.41) is -0.0307. The van der Waals surface area contributed by atoms with Crippen molar-refractivity contribution in [2.24, 2.45) is 0 Å². The second-order valence-electron chi connectivity index (χ2n) is 7.94. The summed E-state index contributed by atoms with van der Waals surface area (Å²) >= 11 is 0. The van der Waals surface area contributed by atoms with E-state index < -0.39 is 11.4 Å². The molecule has 3 aromatic heterocycles. The maximum Gasteiger partial charge on any atom is 0.269 e. The Morgan fingerprint density at radius 2 is 1.91 bits per heavy atom. The number of halogens is 1. The molecule has 1 fully saturated rings. The number of anilines is 2. The van der Waals surface area contributed by atoms with E-state index in [-0.39, 0.29) is 17.4 Å². The first-order chi connectivity index (χ1) is 16.1. The molecule has 5 aromatic rings. The highest BCUT2D eigenvalue weighted by Gasteiger charge is 2.33. The van der Waals surface area contributed by atoms with Gasteiger partial charge in [-0.3, -0.25) is 9.36 Å². The molecule has 1 aliphatic rings. The van der Waals surface area contributed by atoms with Gasteiger partial charge in [-0.15, -0.1) is 0 Å². The quantitative estimate of drug-likeness (QED) is 0.441. The van der Waals surface area contributed by atoms with E-state index in [1.807, 2.05) is 30.3 Å². The molecule has 0 spiro atoms. The van der Waals surface area contributed by atoms with Gasteiger partial charge in [0.05, 0.1) is 23.6 Å². The first-order valence-electron chi connectivity index (χ1n) is 10.6. The molecule has 0 saturated carbocycles. The van der Waals surface area contributed by atoms with E-state index in [1.54, 1.807) is 18.5 Å². The minimum Gasteiger partial charge on any atom is -0.368 e. The van der Waals surface area contributed by atoms with Gasteiger partial charge >= 0.3 is 0 Å². The lowest BCUT2D eigenvalue weighted by atomic mass is 10.1. The van der Waals surface area contributed by atoms with Gasteiger partial charge in [0, 0.05) is 6.54 Å². The molecule has 0 radical (unpaired) electrons. The van der Waals surface area contributed by atoms with Crippen LogP contribution in [0, 0.1) is 5.82 Å². The number of hydrogen-bond donors (Lipinski definition) is 2. The fraction of sp³-hybridized carbons (Fsp3) is 0.174. The van der Waals surface area contributed by atoms with E-state index >= 15 is 0 Å². The summed E-state index contributed by atoms with van der Waals surface area (Å²) in [6.45, 7) is 0.682. The van der Waals surface area contributed by atoms with Crippen molar-refractivity contribution >= 4 is 33.8 Å². The predicted octanol–water partition coefficient (Wildman–Crippen LogP) is 3.11. The number of nitrogens with two attached hydrogens (primary N) is 1. The largest absolute Gasteiger partial charge is 0.368 e. The van der Waals surface area contributed by atoms with Crippen LogP contribution in [0.25, 0.3) is 27.8 Å². The Hall–Kier alpha value is -4.34. The Morgan fingerprint density at radius 3 is 2.76 bits per heavy atom. The Labute approximate surface area is 186 Å². The van der Waals surface area contributed by atoms with Crippen LogP contribution in [0.5, 0.6) is 0 Å². The molecule has 6 rings (SSSR count). The standard InChI is InChI=1S/C23H19FN8O/c24-14-8-4-9-15-17(14)22(33)32(13-6-2-1-3-7-13)20(28-15)16-10-5-11-31(16)21-18-19(27-12-26-18)29-23(25)30-21/h1-4,6-9,12,16H,5,10-11H2,(H3,25,26,27,29,30). The molecule has 10 heteroatoms. The second-order valence-corrected chi connectivity index (χ2v) is 7.94. The number of nitrogens with zero attached hydrogens (tertiary/aromatic N) is 6. The Morgan fingerprint density at radius 1 is 1.06 bits per heavy atom. The normalized spacial score (nSPS) is 16.2. The van der Waals surface area contributed by atoms with Crippen LogP contribution in [0.1, 0.15) is 24.7 Å². The molecule has 1 aliphatic heterocycles. The van der Waals surface area contributed by atoms with Crippen molar-refractivity contribution in [1.29, 1.82) is 0 Å². The maximum absolute atomic E-state index is 14.7. The topological polar surface area (TPSA) is 119 Å².